The largest absolute Gasteiger partial charge is 0.369 e. The molecule has 1 unspecified atom stereocenters. The van der Waals surface area contributed by atoms with Crippen LogP contribution < -0.4 is 16.0 Å². The van der Waals surface area contributed by atoms with Gasteiger partial charge in [-0.25, -0.2) is 4.99 Å². The third-order valence-corrected chi connectivity index (χ3v) is 7.71. The molecule has 1 fully saturated rings. The highest BCUT2D eigenvalue weighted by Crippen LogP contribution is 2.34. The number of benzene rings is 2. The molecule has 7 nitrogen and oxygen atoms in total. The van der Waals surface area contributed by atoms with Gasteiger partial charge in [-0.15, -0.1) is 0 Å². The zero-order valence-electron chi connectivity index (χ0n) is 22.7. The highest BCUT2D eigenvalue weighted by Gasteiger charge is 2.38. The maximum Gasteiger partial charge on any atom is 0.272 e. The first-order chi connectivity index (χ1) is 18.3. The van der Waals surface area contributed by atoms with Crippen molar-refractivity contribution < 1.29 is 14.4 Å². The summed E-state index contributed by atoms with van der Waals surface area (Å²) < 4.78 is 0. The fourth-order valence-electron chi connectivity index (χ4n) is 5.53. The smallest absolute Gasteiger partial charge is 0.272 e. The molecule has 202 valence electrons. The average molecular weight is 517 g/mol. The Kier molecular flexibility index (Phi) is 8.97. The topological polar surface area (TPSA) is 105 Å². The molecule has 0 saturated heterocycles. The fourth-order valence-corrected chi connectivity index (χ4v) is 5.53. The Balaban J connectivity index is 1.75. The lowest BCUT2D eigenvalue weighted by atomic mass is 9.81. The predicted molar refractivity (Wildman–Crippen MR) is 151 cm³/mol. The lowest BCUT2D eigenvalue weighted by Crippen LogP contribution is -2.52. The second-order valence-corrected chi connectivity index (χ2v) is 11.1. The van der Waals surface area contributed by atoms with Crippen molar-refractivity contribution in [3.05, 3.63) is 65.7 Å². The van der Waals surface area contributed by atoms with E-state index in [-0.39, 0.29) is 17.7 Å². The van der Waals surface area contributed by atoms with Crippen LogP contribution in [0.4, 0.5) is 5.69 Å². The van der Waals surface area contributed by atoms with Crippen molar-refractivity contribution in [2.24, 2.45) is 34.4 Å². The summed E-state index contributed by atoms with van der Waals surface area (Å²) in [6.07, 6.45) is 4.00. The van der Waals surface area contributed by atoms with Gasteiger partial charge in [0.15, 0.2) is 0 Å². The molecule has 1 heterocycles. The number of hydrogen-bond donors (Lipinski definition) is 2. The molecule has 2 aromatic rings. The van der Waals surface area contributed by atoms with Crippen LogP contribution in [0, 0.1) is 23.7 Å². The van der Waals surface area contributed by atoms with Gasteiger partial charge in [0.05, 0.1) is 11.4 Å². The van der Waals surface area contributed by atoms with E-state index in [1.807, 2.05) is 75.4 Å². The minimum atomic E-state index is -1.10. The van der Waals surface area contributed by atoms with Gasteiger partial charge in [-0.05, 0) is 43.6 Å². The number of anilines is 1. The SMILES string of the molecule is CCC[C@H](C(N)=O)[C@@H](CC(C)C)C(=O)NC1N=C(c2ccccc2)c2ccccc2N(CC2CCC2)C1=O. The number of fused-ring (bicyclic) bond motifs is 1. The van der Waals surface area contributed by atoms with E-state index in [1.165, 1.54) is 6.42 Å². The highest BCUT2D eigenvalue weighted by molar-refractivity contribution is 6.20. The first-order valence-electron chi connectivity index (χ1n) is 13.9. The molecular formula is C31H40N4O3. The van der Waals surface area contributed by atoms with Crippen LogP contribution in [-0.4, -0.2) is 36.1 Å². The molecule has 2 aliphatic rings. The van der Waals surface area contributed by atoms with E-state index in [0.29, 0.717) is 31.0 Å². The molecule has 38 heavy (non-hydrogen) atoms. The third kappa shape index (κ3) is 6.14. The first kappa shape index (κ1) is 27.6. The van der Waals surface area contributed by atoms with Crippen molar-refractivity contribution in [1.29, 1.82) is 0 Å². The quantitative estimate of drug-likeness (QED) is 0.453. The molecule has 1 aliphatic carbocycles. The van der Waals surface area contributed by atoms with Crippen molar-refractivity contribution in [3.63, 3.8) is 0 Å². The van der Waals surface area contributed by atoms with Gasteiger partial charge in [0.25, 0.3) is 5.91 Å². The molecule has 0 bridgehead atoms. The molecule has 7 heteroatoms. The molecule has 1 aliphatic heterocycles. The Morgan fingerprint density at radius 1 is 1.05 bits per heavy atom. The number of nitrogens with two attached hydrogens (primary N) is 1. The second kappa shape index (κ2) is 12.4. The van der Waals surface area contributed by atoms with Crippen molar-refractivity contribution in [3.8, 4) is 0 Å². The van der Waals surface area contributed by atoms with Crippen LogP contribution in [0.5, 0.6) is 0 Å². The van der Waals surface area contributed by atoms with E-state index in [0.717, 1.165) is 36.1 Å². The summed E-state index contributed by atoms with van der Waals surface area (Å²) in [5, 5.41) is 2.96. The van der Waals surface area contributed by atoms with Crippen molar-refractivity contribution in [2.75, 3.05) is 11.4 Å². The zero-order valence-corrected chi connectivity index (χ0v) is 22.7. The number of nitrogens with zero attached hydrogens (tertiary/aromatic N) is 2. The van der Waals surface area contributed by atoms with Crippen LogP contribution >= 0.6 is 0 Å². The average Bonchev–Trinajstić information content (AvgIpc) is 2.98. The Morgan fingerprint density at radius 3 is 2.34 bits per heavy atom. The van der Waals surface area contributed by atoms with Crippen molar-refractivity contribution in [1.82, 2.24) is 5.32 Å². The highest BCUT2D eigenvalue weighted by atomic mass is 16.2. The van der Waals surface area contributed by atoms with Gasteiger partial charge in [-0.2, -0.15) is 0 Å². The molecule has 3 atom stereocenters. The van der Waals surface area contributed by atoms with Gasteiger partial charge >= 0.3 is 0 Å². The number of aliphatic imine (C=N–C) groups is 1. The molecule has 0 spiro atoms. The van der Waals surface area contributed by atoms with E-state index < -0.39 is 23.9 Å². The number of nitrogens with one attached hydrogen (secondary N) is 1. The summed E-state index contributed by atoms with van der Waals surface area (Å²) in [6, 6.07) is 17.6. The number of amides is 3. The molecule has 0 aromatic heterocycles. The van der Waals surface area contributed by atoms with Gasteiger partial charge in [-0.1, -0.05) is 82.1 Å². The molecule has 3 amide bonds. The van der Waals surface area contributed by atoms with Gasteiger partial charge in [0.1, 0.15) is 0 Å². The molecule has 1 saturated carbocycles. The second-order valence-electron chi connectivity index (χ2n) is 11.1. The minimum Gasteiger partial charge on any atom is -0.369 e. The number of hydrogen-bond acceptors (Lipinski definition) is 4. The third-order valence-electron chi connectivity index (χ3n) is 7.71. The minimum absolute atomic E-state index is 0.178. The molecule has 3 N–H and O–H groups in total. The van der Waals surface area contributed by atoms with Gasteiger partial charge in [-0.3, -0.25) is 14.4 Å². The van der Waals surface area contributed by atoms with Crippen molar-refractivity contribution >= 4 is 29.1 Å². The summed E-state index contributed by atoms with van der Waals surface area (Å²) in [6.45, 7) is 6.60. The number of carbonyl (C=O) groups excluding carboxylic acids is 3. The number of primary amides is 1. The van der Waals surface area contributed by atoms with Gasteiger partial charge in [0.2, 0.25) is 18.0 Å². The lowest BCUT2D eigenvalue weighted by molar-refractivity contribution is -0.136. The molecular weight excluding hydrogens is 476 g/mol. The Bertz CT molecular complexity index is 1170. The Morgan fingerprint density at radius 2 is 1.74 bits per heavy atom. The zero-order chi connectivity index (χ0) is 27.2. The number of carbonyl (C=O) groups is 3. The van der Waals surface area contributed by atoms with Crippen molar-refractivity contribution in [2.45, 2.75) is 65.5 Å². The van der Waals surface area contributed by atoms with E-state index in [9.17, 15) is 14.4 Å². The number of benzodiazepines with no additional fused rings is 1. The van der Waals surface area contributed by atoms with Crippen LogP contribution in [0.25, 0.3) is 0 Å². The van der Waals surface area contributed by atoms with E-state index in [1.54, 1.807) is 4.90 Å². The summed E-state index contributed by atoms with van der Waals surface area (Å²) in [7, 11) is 0. The Hall–Kier alpha value is -3.48. The summed E-state index contributed by atoms with van der Waals surface area (Å²) in [4.78, 5) is 46.9. The number of para-hydroxylation sites is 1. The van der Waals surface area contributed by atoms with Gasteiger partial charge < -0.3 is 16.0 Å². The maximum atomic E-state index is 14.1. The molecule has 0 radical (unpaired) electrons. The normalized spacial score (nSPS) is 19.2. The summed E-state index contributed by atoms with van der Waals surface area (Å²) in [5.74, 6) is -1.69. The van der Waals surface area contributed by atoms with E-state index in [2.05, 4.69) is 5.32 Å². The van der Waals surface area contributed by atoms with E-state index >= 15 is 0 Å². The lowest BCUT2D eigenvalue weighted by Gasteiger charge is -2.34. The van der Waals surface area contributed by atoms with Crippen LogP contribution in [0.15, 0.2) is 59.6 Å². The summed E-state index contributed by atoms with van der Waals surface area (Å²) in [5.41, 5.74) is 8.96. The molecule has 4 rings (SSSR count). The van der Waals surface area contributed by atoms with Crippen LogP contribution in [0.2, 0.25) is 0 Å². The monoisotopic (exact) mass is 516 g/mol. The molecule has 2 aromatic carbocycles. The summed E-state index contributed by atoms with van der Waals surface area (Å²) >= 11 is 0. The number of rotatable bonds is 11. The van der Waals surface area contributed by atoms with Crippen LogP contribution in [0.3, 0.4) is 0 Å². The standard InChI is InChI=1S/C31H40N4O3/c1-4-11-23(28(32)36)25(18-20(2)3)30(37)34-29-31(38)35(19-21-12-10-13-21)26-17-9-8-16-24(26)27(33-29)22-14-6-5-7-15-22/h5-9,14-17,20-21,23,25,29H,4,10-13,18-19H2,1-3H3,(H2,32,36)(H,34,37)/t23-,25+,29?/m0/s1. The first-order valence-corrected chi connectivity index (χ1v) is 13.9. The van der Waals surface area contributed by atoms with E-state index in [4.69, 9.17) is 10.7 Å². The maximum absolute atomic E-state index is 14.1. The van der Waals surface area contributed by atoms with Gasteiger partial charge in [0, 0.05) is 29.5 Å². The fraction of sp³-hybridized carbons (Fsp3) is 0.484. The van der Waals surface area contributed by atoms with Crippen LogP contribution in [0.1, 0.15) is 70.4 Å². The van der Waals surface area contributed by atoms with Crippen LogP contribution in [-0.2, 0) is 14.4 Å². The predicted octanol–water partition coefficient (Wildman–Crippen LogP) is 4.68. The Labute approximate surface area is 225 Å².